The third-order valence-corrected chi connectivity index (χ3v) is 4.55. The monoisotopic (exact) mass is 389 g/mol. The number of nitrogens with one attached hydrogen (secondary N) is 2. The molecule has 28 heavy (non-hydrogen) atoms. The minimum atomic E-state index is -0.565. The van der Waals surface area contributed by atoms with Crippen LogP contribution in [0.4, 0.5) is 14.5 Å². The number of methoxy groups -OCH3 is 1. The van der Waals surface area contributed by atoms with Gasteiger partial charge in [0.2, 0.25) is 5.88 Å². The van der Waals surface area contributed by atoms with Crippen LogP contribution in [0.15, 0.2) is 41.5 Å². The van der Waals surface area contributed by atoms with Crippen molar-refractivity contribution in [2.24, 2.45) is 4.99 Å². The Morgan fingerprint density at radius 3 is 2.86 bits per heavy atom. The number of anilines is 1. The summed E-state index contributed by atoms with van der Waals surface area (Å²) in [5.74, 6) is 0.166. The van der Waals surface area contributed by atoms with Crippen molar-refractivity contribution in [1.82, 2.24) is 15.6 Å². The minimum absolute atomic E-state index is 0.122. The summed E-state index contributed by atoms with van der Waals surface area (Å²) in [6.07, 6.45) is 2.58. The van der Waals surface area contributed by atoms with Crippen molar-refractivity contribution in [2.75, 3.05) is 31.6 Å². The van der Waals surface area contributed by atoms with Gasteiger partial charge in [0.15, 0.2) is 5.96 Å². The van der Waals surface area contributed by atoms with Gasteiger partial charge in [-0.25, -0.2) is 18.8 Å². The normalized spacial score (nSPS) is 16.9. The molecule has 150 valence electrons. The standard InChI is InChI=1S/C20H25F2N5O/c1-3-23-20(25-12-14-4-7-19(28-2)24-11-14)26-16-8-9-27(13-16)18-6-5-15(21)10-17(18)22/h4-7,10-11,16H,3,8-9,12-13H2,1-2H3,(H2,23,25,26). The topological polar surface area (TPSA) is 61.8 Å². The number of hydrogen-bond acceptors (Lipinski definition) is 4. The number of nitrogens with zero attached hydrogens (tertiary/aromatic N) is 3. The average molecular weight is 389 g/mol. The molecule has 1 aliphatic rings. The van der Waals surface area contributed by atoms with Crippen LogP contribution < -0.4 is 20.3 Å². The molecule has 2 aromatic rings. The summed E-state index contributed by atoms with van der Waals surface area (Å²) in [6.45, 7) is 4.53. The third-order valence-electron chi connectivity index (χ3n) is 4.55. The molecule has 0 aliphatic carbocycles. The molecule has 2 heterocycles. The van der Waals surface area contributed by atoms with E-state index < -0.39 is 11.6 Å². The molecular formula is C20H25F2N5O. The van der Waals surface area contributed by atoms with Crippen LogP contribution in [0.3, 0.4) is 0 Å². The van der Waals surface area contributed by atoms with E-state index >= 15 is 0 Å². The molecule has 0 bridgehead atoms. The van der Waals surface area contributed by atoms with E-state index in [0.29, 0.717) is 37.2 Å². The average Bonchev–Trinajstić information content (AvgIpc) is 3.15. The lowest BCUT2D eigenvalue weighted by atomic mass is 10.2. The maximum absolute atomic E-state index is 14.0. The first-order valence-electron chi connectivity index (χ1n) is 9.32. The lowest BCUT2D eigenvalue weighted by Crippen LogP contribution is -2.44. The van der Waals surface area contributed by atoms with Crippen LogP contribution >= 0.6 is 0 Å². The summed E-state index contributed by atoms with van der Waals surface area (Å²) in [7, 11) is 1.58. The van der Waals surface area contributed by atoms with Crippen LogP contribution in [-0.4, -0.2) is 43.7 Å². The van der Waals surface area contributed by atoms with Crippen molar-refractivity contribution in [1.29, 1.82) is 0 Å². The van der Waals surface area contributed by atoms with E-state index in [-0.39, 0.29) is 6.04 Å². The predicted molar refractivity (Wildman–Crippen MR) is 106 cm³/mol. The van der Waals surface area contributed by atoms with Crippen LogP contribution in [-0.2, 0) is 6.54 Å². The summed E-state index contributed by atoms with van der Waals surface area (Å²) >= 11 is 0. The quantitative estimate of drug-likeness (QED) is 0.588. The second-order valence-corrected chi connectivity index (χ2v) is 6.58. The van der Waals surface area contributed by atoms with Crippen molar-refractivity contribution < 1.29 is 13.5 Å². The summed E-state index contributed by atoms with van der Waals surface area (Å²) in [4.78, 5) is 10.7. The fourth-order valence-electron chi connectivity index (χ4n) is 3.14. The molecule has 2 N–H and O–H groups in total. The smallest absolute Gasteiger partial charge is 0.212 e. The van der Waals surface area contributed by atoms with E-state index in [9.17, 15) is 8.78 Å². The molecule has 0 spiro atoms. The Morgan fingerprint density at radius 2 is 2.18 bits per heavy atom. The molecule has 8 heteroatoms. The number of hydrogen-bond donors (Lipinski definition) is 2. The van der Waals surface area contributed by atoms with Crippen LogP contribution in [0.1, 0.15) is 18.9 Å². The van der Waals surface area contributed by atoms with Gasteiger partial charge in [-0.1, -0.05) is 6.07 Å². The first kappa shape index (κ1) is 19.9. The highest BCUT2D eigenvalue weighted by Crippen LogP contribution is 2.24. The maximum Gasteiger partial charge on any atom is 0.212 e. The number of halogens is 2. The summed E-state index contributed by atoms with van der Waals surface area (Å²) in [5, 5.41) is 6.62. The Morgan fingerprint density at radius 1 is 1.32 bits per heavy atom. The summed E-state index contributed by atoms with van der Waals surface area (Å²) in [6, 6.07) is 7.54. The van der Waals surface area contributed by atoms with Gasteiger partial charge >= 0.3 is 0 Å². The Balaban J connectivity index is 1.60. The van der Waals surface area contributed by atoms with E-state index in [1.165, 1.54) is 12.1 Å². The molecule has 1 atom stereocenters. The molecule has 1 fully saturated rings. The van der Waals surface area contributed by atoms with Crippen molar-refractivity contribution >= 4 is 11.6 Å². The highest BCUT2D eigenvalue weighted by molar-refractivity contribution is 5.80. The number of ether oxygens (including phenoxy) is 1. The minimum Gasteiger partial charge on any atom is -0.481 e. The Labute approximate surface area is 163 Å². The van der Waals surface area contributed by atoms with E-state index in [4.69, 9.17) is 4.74 Å². The van der Waals surface area contributed by atoms with E-state index in [0.717, 1.165) is 24.6 Å². The van der Waals surface area contributed by atoms with Gasteiger partial charge in [-0.2, -0.15) is 0 Å². The van der Waals surface area contributed by atoms with Gasteiger partial charge in [0.1, 0.15) is 11.6 Å². The fourth-order valence-corrected chi connectivity index (χ4v) is 3.14. The molecule has 3 rings (SSSR count). The highest BCUT2D eigenvalue weighted by Gasteiger charge is 2.25. The van der Waals surface area contributed by atoms with Crippen LogP contribution in [0.5, 0.6) is 5.88 Å². The molecule has 0 radical (unpaired) electrons. The van der Waals surface area contributed by atoms with Gasteiger partial charge in [-0.15, -0.1) is 0 Å². The molecule has 0 amide bonds. The second kappa shape index (κ2) is 9.34. The van der Waals surface area contributed by atoms with E-state index in [1.807, 2.05) is 17.9 Å². The zero-order chi connectivity index (χ0) is 19.9. The van der Waals surface area contributed by atoms with Crippen molar-refractivity contribution in [3.8, 4) is 5.88 Å². The number of benzene rings is 1. The van der Waals surface area contributed by atoms with E-state index in [1.54, 1.807) is 19.4 Å². The van der Waals surface area contributed by atoms with Crippen LogP contribution in [0.25, 0.3) is 0 Å². The number of rotatable bonds is 6. The first-order valence-corrected chi connectivity index (χ1v) is 9.32. The predicted octanol–water partition coefficient (Wildman–Crippen LogP) is 2.70. The van der Waals surface area contributed by atoms with E-state index in [2.05, 4.69) is 20.6 Å². The first-order chi connectivity index (χ1) is 13.6. The Hall–Kier alpha value is -2.90. The zero-order valence-corrected chi connectivity index (χ0v) is 16.1. The Kier molecular flexibility index (Phi) is 6.62. The molecule has 1 aromatic heterocycles. The van der Waals surface area contributed by atoms with Gasteiger partial charge in [0.25, 0.3) is 0 Å². The number of pyridine rings is 1. The lowest BCUT2D eigenvalue weighted by molar-refractivity contribution is 0.397. The lowest BCUT2D eigenvalue weighted by Gasteiger charge is -2.21. The van der Waals surface area contributed by atoms with Crippen molar-refractivity contribution in [3.63, 3.8) is 0 Å². The van der Waals surface area contributed by atoms with Gasteiger partial charge in [0.05, 0.1) is 19.3 Å². The van der Waals surface area contributed by atoms with Crippen molar-refractivity contribution in [3.05, 3.63) is 53.7 Å². The SMILES string of the molecule is CCNC(=NCc1ccc(OC)nc1)NC1CCN(c2ccc(F)cc2F)C1. The molecule has 1 unspecified atom stereocenters. The molecular weight excluding hydrogens is 364 g/mol. The zero-order valence-electron chi connectivity index (χ0n) is 16.1. The second-order valence-electron chi connectivity index (χ2n) is 6.58. The van der Waals surface area contributed by atoms with Gasteiger partial charge in [0, 0.05) is 44.0 Å². The molecule has 1 aromatic carbocycles. The molecule has 1 aliphatic heterocycles. The molecule has 0 saturated carbocycles. The highest BCUT2D eigenvalue weighted by atomic mass is 19.1. The summed E-state index contributed by atoms with van der Waals surface area (Å²) < 4.78 is 32.2. The van der Waals surface area contributed by atoms with Gasteiger partial charge in [-0.05, 0) is 31.0 Å². The van der Waals surface area contributed by atoms with Crippen LogP contribution in [0, 0.1) is 11.6 Å². The van der Waals surface area contributed by atoms with Gasteiger partial charge in [-0.3, -0.25) is 0 Å². The maximum atomic E-state index is 14.0. The van der Waals surface area contributed by atoms with Gasteiger partial charge < -0.3 is 20.3 Å². The fraction of sp³-hybridized carbons (Fsp3) is 0.400. The third kappa shape index (κ3) is 5.09. The number of aromatic nitrogens is 1. The summed E-state index contributed by atoms with van der Waals surface area (Å²) in [5.41, 5.74) is 1.40. The largest absolute Gasteiger partial charge is 0.481 e. The molecule has 1 saturated heterocycles. The molecule has 6 nitrogen and oxygen atoms in total. The Bertz CT molecular complexity index is 813. The van der Waals surface area contributed by atoms with Crippen molar-refractivity contribution in [2.45, 2.75) is 25.9 Å². The van der Waals surface area contributed by atoms with Crippen LogP contribution in [0.2, 0.25) is 0 Å². The number of guanidine groups is 1. The number of aliphatic imine (C=N–C) groups is 1.